The SMILES string of the molecule is CCNCCNC(=O)CN(CC(=O)N(C)N1Cc2ccccc2C1)c1ccc(-c2ncc(C(=O)N(C)C)s2)cc1C.Cl.Cl. The third-order valence-electron chi connectivity index (χ3n) is 7.05. The summed E-state index contributed by atoms with van der Waals surface area (Å²) in [5.41, 5.74) is 5.01. The van der Waals surface area contributed by atoms with Gasteiger partial charge in [0.15, 0.2) is 0 Å². The van der Waals surface area contributed by atoms with Crippen molar-refractivity contribution in [1.29, 1.82) is 0 Å². The minimum atomic E-state index is -0.151. The van der Waals surface area contributed by atoms with E-state index in [4.69, 9.17) is 0 Å². The highest BCUT2D eigenvalue weighted by atomic mass is 35.5. The second kappa shape index (κ2) is 16.6. The molecule has 2 N–H and O–H groups in total. The fourth-order valence-corrected chi connectivity index (χ4v) is 5.68. The van der Waals surface area contributed by atoms with Crippen LogP contribution < -0.4 is 15.5 Å². The lowest BCUT2D eigenvalue weighted by atomic mass is 10.1. The molecular formula is C30H41Cl2N7O3S. The van der Waals surface area contributed by atoms with E-state index in [1.807, 2.05) is 54.1 Å². The highest BCUT2D eigenvalue weighted by Gasteiger charge is 2.27. The van der Waals surface area contributed by atoms with Crippen molar-refractivity contribution in [2.24, 2.45) is 0 Å². The molecule has 13 heteroatoms. The molecule has 0 saturated heterocycles. The molecule has 0 radical (unpaired) electrons. The smallest absolute Gasteiger partial charge is 0.265 e. The van der Waals surface area contributed by atoms with Crippen molar-refractivity contribution in [3.05, 3.63) is 70.2 Å². The third-order valence-corrected chi connectivity index (χ3v) is 8.09. The molecule has 1 aromatic heterocycles. The lowest BCUT2D eigenvalue weighted by Crippen LogP contribution is -2.48. The highest BCUT2D eigenvalue weighted by molar-refractivity contribution is 7.16. The highest BCUT2D eigenvalue weighted by Crippen LogP contribution is 2.31. The maximum absolute atomic E-state index is 13.5. The Bertz CT molecular complexity index is 1380. The van der Waals surface area contributed by atoms with Crippen LogP contribution in [0.15, 0.2) is 48.7 Å². The van der Waals surface area contributed by atoms with E-state index in [1.54, 1.807) is 32.3 Å². The number of likely N-dealkylation sites (N-methyl/N-ethyl adjacent to an activating group) is 2. The number of carbonyl (C=O) groups excluding carboxylic acids is 3. The number of thiazole rings is 1. The van der Waals surface area contributed by atoms with Crippen molar-refractivity contribution in [3.8, 4) is 10.6 Å². The van der Waals surface area contributed by atoms with Gasteiger partial charge in [-0.1, -0.05) is 31.2 Å². The maximum Gasteiger partial charge on any atom is 0.265 e. The van der Waals surface area contributed by atoms with Gasteiger partial charge >= 0.3 is 0 Å². The molecule has 0 spiro atoms. The molecule has 10 nitrogen and oxygen atoms in total. The van der Waals surface area contributed by atoms with E-state index in [-0.39, 0.29) is 55.6 Å². The van der Waals surface area contributed by atoms with Crippen LogP contribution >= 0.6 is 36.2 Å². The number of benzene rings is 2. The predicted molar refractivity (Wildman–Crippen MR) is 177 cm³/mol. The second-order valence-electron chi connectivity index (χ2n) is 10.3. The van der Waals surface area contributed by atoms with Crippen LogP contribution in [0.25, 0.3) is 10.6 Å². The van der Waals surface area contributed by atoms with Gasteiger partial charge in [0.05, 0.1) is 19.3 Å². The van der Waals surface area contributed by atoms with Crippen molar-refractivity contribution in [3.63, 3.8) is 0 Å². The first-order valence-electron chi connectivity index (χ1n) is 13.8. The molecule has 0 fully saturated rings. The van der Waals surface area contributed by atoms with E-state index in [0.717, 1.165) is 28.4 Å². The zero-order valence-electron chi connectivity index (χ0n) is 25.3. The van der Waals surface area contributed by atoms with Gasteiger partial charge in [-0.2, -0.15) is 0 Å². The quantitative estimate of drug-likeness (QED) is 0.289. The Morgan fingerprint density at radius 1 is 0.977 bits per heavy atom. The number of hydrogen-bond acceptors (Lipinski definition) is 8. The monoisotopic (exact) mass is 649 g/mol. The van der Waals surface area contributed by atoms with Gasteiger partial charge in [-0.15, -0.1) is 36.2 Å². The standard InChI is InChI=1S/C30H39N7O3S.2ClH/c1-6-31-13-14-32-27(38)19-36(20-28(39)35(5)37-17-23-9-7-8-10-24(23)18-37)25-12-11-22(15-21(25)2)29-33-16-26(41-29)30(40)34(3)4;;/h7-12,15-16,31H,6,13-14,17-20H2,1-5H3,(H,32,38);2*1H. The number of nitrogens with zero attached hydrogens (tertiary/aromatic N) is 5. The number of carbonyl (C=O) groups is 3. The molecular weight excluding hydrogens is 609 g/mol. The average molecular weight is 651 g/mol. The van der Waals surface area contributed by atoms with Gasteiger partial charge in [-0.25, -0.2) is 9.99 Å². The van der Waals surface area contributed by atoms with Crippen LogP contribution in [-0.2, 0) is 22.7 Å². The molecule has 0 atom stereocenters. The summed E-state index contributed by atoms with van der Waals surface area (Å²) in [6.07, 6.45) is 1.60. The summed E-state index contributed by atoms with van der Waals surface area (Å²) in [7, 11) is 5.22. The summed E-state index contributed by atoms with van der Waals surface area (Å²) < 4.78 is 0. The molecule has 0 saturated carbocycles. The predicted octanol–water partition coefficient (Wildman–Crippen LogP) is 3.59. The van der Waals surface area contributed by atoms with Crippen LogP contribution in [0.4, 0.5) is 5.69 Å². The van der Waals surface area contributed by atoms with Gasteiger partial charge in [-0.05, 0) is 48.4 Å². The molecule has 2 aromatic carbocycles. The van der Waals surface area contributed by atoms with E-state index >= 15 is 0 Å². The number of amides is 3. The summed E-state index contributed by atoms with van der Waals surface area (Å²) in [5, 5.41) is 10.6. The van der Waals surface area contributed by atoms with Crippen molar-refractivity contribution in [2.45, 2.75) is 26.9 Å². The average Bonchev–Trinajstić information content (AvgIpc) is 3.62. The fraction of sp³-hybridized carbons (Fsp3) is 0.400. The Morgan fingerprint density at radius 2 is 1.65 bits per heavy atom. The molecule has 0 unspecified atom stereocenters. The molecule has 0 bridgehead atoms. The number of aromatic nitrogens is 1. The minimum absolute atomic E-state index is 0. The normalized spacial score (nSPS) is 12.0. The van der Waals surface area contributed by atoms with E-state index in [1.165, 1.54) is 27.4 Å². The number of rotatable bonds is 12. The molecule has 1 aliphatic rings. The first kappa shape index (κ1) is 36.0. The van der Waals surface area contributed by atoms with Gasteiger partial charge in [0.25, 0.3) is 11.8 Å². The first-order chi connectivity index (χ1) is 19.7. The van der Waals surface area contributed by atoms with Crippen LogP contribution in [0.3, 0.4) is 0 Å². The molecule has 3 aromatic rings. The Morgan fingerprint density at radius 3 is 2.26 bits per heavy atom. The summed E-state index contributed by atoms with van der Waals surface area (Å²) in [6, 6.07) is 14.0. The summed E-state index contributed by atoms with van der Waals surface area (Å²) in [6.45, 7) is 7.43. The molecule has 43 heavy (non-hydrogen) atoms. The number of halogens is 2. The zero-order chi connectivity index (χ0) is 29.5. The van der Waals surface area contributed by atoms with E-state index in [9.17, 15) is 14.4 Å². The van der Waals surface area contributed by atoms with E-state index in [0.29, 0.717) is 31.1 Å². The fourth-order valence-electron chi connectivity index (χ4n) is 4.74. The number of hydrogen-bond donors (Lipinski definition) is 2. The van der Waals surface area contributed by atoms with Crippen LogP contribution in [0.2, 0.25) is 0 Å². The Labute approximate surface area is 270 Å². The number of fused-ring (bicyclic) bond motifs is 1. The second-order valence-corrected chi connectivity index (χ2v) is 11.3. The number of aryl methyl sites for hydroxylation is 1. The van der Waals surface area contributed by atoms with Gasteiger partial charge in [0.2, 0.25) is 5.91 Å². The van der Waals surface area contributed by atoms with E-state index < -0.39 is 0 Å². The molecule has 3 amide bonds. The number of anilines is 1. The van der Waals surface area contributed by atoms with Gasteiger partial charge < -0.3 is 20.4 Å². The van der Waals surface area contributed by atoms with Crippen molar-refractivity contribution in [2.75, 3.05) is 58.8 Å². The summed E-state index contributed by atoms with van der Waals surface area (Å²) >= 11 is 1.34. The lowest BCUT2D eigenvalue weighted by molar-refractivity contribution is -0.145. The lowest BCUT2D eigenvalue weighted by Gasteiger charge is -2.32. The third kappa shape index (κ3) is 9.14. The van der Waals surface area contributed by atoms with Crippen LogP contribution in [0, 0.1) is 6.92 Å². The van der Waals surface area contributed by atoms with Crippen LogP contribution in [0.1, 0.15) is 33.3 Å². The Balaban J connectivity index is 0.00000323. The molecule has 1 aliphatic heterocycles. The topological polar surface area (TPSA) is 101 Å². The van der Waals surface area contributed by atoms with Gasteiger partial charge in [0, 0.05) is 58.6 Å². The summed E-state index contributed by atoms with van der Waals surface area (Å²) in [4.78, 5) is 47.2. The largest absolute Gasteiger partial charge is 0.353 e. The van der Waals surface area contributed by atoms with Crippen molar-refractivity contribution in [1.82, 2.24) is 30.5 Å². The Kier molecular flexibility index (Phi) is 13.9. The summed E-state index contributed by atoms with van der Waals surface area (Å²) in [5.74, 6) is -0.340. The van der Waals surface area contributed by atoms with Gasteiger partial charge in [0.1, 0.15) is 9.88 Å². The molecule has 0 aliphatic carbocycles. The maximum atomic E-state index is 13.5. The minimum Gasteiger partial charge on any atom is -0.353 e. The molecule has 4 rings (SSSR count). The van der Waals surface area contributed by atoms with Crippen molar-refractivity contribution < 1.29 is 14.4 Å². The first-order valence-corrected chi connectivity index (χ1v) is 14.6. The van der Waals surface area contributed by atoms with Crippen LogP contribution in [-0.4, -0.2) is 91.5 Å². The zero-order valence-corrected chi connectivity index (χ0v) is 27.7. The van der Waals surface area contributed by atoms with Crippen molar-refractivity contribution >= 4 is 59.6 Å². The molecule has 234 valence electrons. The number of nitrogens with one attached hydrogen (secondary N) is 2. The number of hydrazine groups is 1. The van der Waals surface area contributed by atoms with Gasteiger partial charge in [-0.3, -0.25) is 19.4 Å². The Hall–Kier alpha value is -3.22. The van der Waals surface area contributed by atoms with Crippen LogP contribution in [0.5, 0.6) is 0 Å². The molecule has 2 heterocycles. The van der Waals surface area contributed by atoms with E-state index in [2.05, 4.69) is 27.8 Å².